The molecule has 0 heterocycles. The van der Waals surface area contributed by atoms with Crippen LogP contribution in [0.4, 0.5) is 0 Å². The maximum Gasteiger partial charge on any atom is 0.0679 e. The molecule has 0 bridgehead atoms. The first kappa shape index (κ1) is 48.6. The van der Waals surface area contributed by atoms with E-state index in [1.807, 2.05) is 0 Å². The average molecular weight is 554 g/mol. The van der Waals surface area contributed by atoms with Crippen LogP contribution >= 0.6 is 0 Å². The molecule has 0 nitrogen and oxygen atoms in total. The van der Waals surface area contributed by atoms with E-state index in [1.54, 1.807) is 6.04 Å². The molecule has 0 aliphatic heterocycles. The zero-order valence-corrected chi connectivity index (χ0v) is 33.0. The molecule has 0 N–H and O–H groups in total. The van der Waals surface area contributed by atoms with E-state index < -0.39 is 32.3 Å². The second-order valence-corrected chi connectivity index (χ2v) is 38.5. The van der Waals surface area contributed by atoms with Crippen molar-refractivity contribution in [2.45, 2.75) is 110 Å². The summed E-state index contributed by atoms with van der Waals surface area (Å²) >= 11 is 0. The van der Waals surface area contributed by atoms with Gasteiger partial charge in [-0.3, -0.25) is 0 Å². The van der Waals surface area contributed by atoms with Crippen molar-refractivity contribution in [2.24, 2.45) is 0 Å². The van der Waals surface area contributed by atoms with Crippen molar-refractivity contribution in [1.29, 1.82) is 0 Å². The van der Waals surface area contributed by atoms with E-state index in [-0.39, 0.29) is 26.8 Å². The van der Waals surface area contributed by atoms with Crippen LogP contribution in [0.5, 0.6) is 0 Å². The van der Waals surface area contributed by atoms with Gasteiger partial charge < -0.3 is 0 Å². The number of rotatable bonds is 5. The molecule has 0 aliphatic rings. The van der Waals surface area contributed by atoms with E-state index in [0.717, 1.165) is 5.16 Å². The van der Waals surface area contributed by atoms with Crippen LogP contribution in [-0.2, 0) is 0 Å². The molecule has 0 aromatic heterocycles. The fourth-order valence-corrected chi connectivity index (χ4v) is 11.3. The van der Waals surface area contributed by atoms with Crippen LogP contribution in [0.15, 0.2) is 23.7 Å². The standard InChI is InChI=1S/C5H16Si2.C5H14Si2.C5H16Si2.C5H12Si.CH4.B.H4Si/c2*1-7(2,3)5-4-6;1-5(6)7(2,3)4;1-5-6(2,3)4;;;/h4-5H2,1-3,6H3;4-5H,1-3,6H3;5H,1-4,6H3;5H,1H2,2-4H3;1H4;;1H4/b;5-4+;;;;;. The van der Waals surface area contributed by atoms with Crippen molar-refractivity contribution in [3.63, 3.8) is 0 Å². The van der Waals surface area contributed by atoms with Crippen LogP contribution in [0.1, 0.15) is 14.4 Å². The summed E-state index contributed by atoms with van der Waals surface area (Å²) in [6.45, 7) is 34.5. The van der Waals surface area contributed by atoms with Gasteiger partial charge in [-0.25, -0.2) is 0 Å². The zero-order valence-electron chi connectivity index (χ0n) is 23.0. The second-order valence-electron chi connectivity index (χ2n) is 12.3. The van der Waals surface area contributed by atoms with E-state index in [4.69, 9.17) is 0 Å². The molecule has 0 aliphatic carbocycles. The van der Waals surface area contributed by atoms with Crippen molar-refractivity contribution in [3.8, 4) is 0 Å². The van der Waals surface area contributed by atoms with Crippen LogP contribution in [0.3, 0.4) is 0 Å². The third-order valence-electron chi connectivity index (χ3n) is 4.01. The fraction of sp³-hybridized carbons (Fsp3) is 0.810. The zero-order chi connectivity index (χ0) is 23.1. The van der Waals surface area contributed by atoms with Gasteiger partial charge in [-0.2, -0.15) is 0 Å². The molecule has 0 amide bonds. The van der Waals surface area contributed by atoms with Crippen LogP contribution in [-0.4, -0.2) is 82.4 Å². The van der Waals surface area contributed by atoms with Gasteiger partial charge in [-0.1, -0.05) is 110 Å². The third-order valence-corrected chi connectivity index (χ3v) is 19.7. The summed E-state index contributed by atoms with van der Waals surface area (Å²) in [6.07, 6.45) is 0. The van der Waals surface area contributed by atoms with E-state index >= 15 is 0 Å². The van der Waals surface area contributed by atoms with Crippen molar-refractivity contribution in [2.75, 3.05) is 0 Å². The Hall–Kier alpha value is 1.28. The molecular formula is C21H66BSi8. The largest absolute Gasteiger partial charge is 0.113 e. The Morgan fingerprint density at radius 1 is 0.833 bits per heavy atom. The summed E-state index contributed by atoms with van der Waals surface area (Å²) in [6, 6.07) is 3.05. The lowest BCUT2D eigenvalue weighted by atomic mass is 10.8. The van der Waals surface area contributed by atoms with Crippen molar-refractivity contribution in [1.82, 2.24) is 0 Å². The Morgan fingerprint density at radius 3 is 1.10 bits per heavy atom. The maximum atomic E-state index is 3.69. The Balaban J connectivity index is -0.0000000456. The molecule has 1 atom stereocenters. The Labute approximate surface area is 215 Å². The molecule has 0 saturated carbocycles. The summed E-state index contributed by atoms with van der Waals surface area (Å²) < 4.78 is 0. The molecule has 3 radical (unpaired) electrons. The highest BCUT2D eigenvalue weighted by atomic mass is 28.4. The Kier molecular flexibility index (Phi) is 38.0. The summed E-state index contributed by atoms with van der Waals surface area (Å²) in [4.78, 5) is 0. The molecule has 0 spiro atoms. The van der Waals surface area contributed by atoms with Gasteiger partial charge in [0.05, 0.1) is 16.1 Å². The number of hydrogen-bond acceptors (Lipinski definition) is 0. The minimum atomic E-state index is -0.867. The molecule has 185 valence electrons. The molecule has 30 heavy (non-hydrogen) atoms. The first-order valence-corrected chi connectivity index (χ1v) is 29.1. The van der Waals surface area contributed by atoms with Gasteiger partial charge in [-0.15, -0.1) is 23.7 Å². The summed E-state index contributed by atoms with van der Waals surface area (Å²) in [5.74, 6) is 0. The first-order chi connectivity index (χ1) is 11.6. The van der Waals surface area contributed by atoms with Gasteiger partial charge in [0.15, 0.2) is 0 Å². The SMILES string of the molecule is C.C=C[Si](C)(C)C.CC([SiH3])[Si](C)(C)C.C[Si](C)(C)/C=C/[SiH3].C[Si](C)(C)CC[SiH3].[B].[SiH4]. The lowest BCUT2D eigenvalue weighted by Crippen LogP contribution is -2.25. The summed E-state index contributed by atoms with van der Waals surface area (Å²) in [5, 5.41) is 1.08. The molecule has 9 heteroatoms. The van der Waals surface area contributed by atoms with Crippen LogP contribution in [0.2, 0.25) is 95.8 Å². The minimum Gasteiger partial charge on any atom is -0.113 e. The molecule has 1 unspecified atom stereocenters. The topological polar surface area (TPSA) is 0 Å². The highest BCUT2D eigenvalue weighted by Crippen LogP contribution is 2.15. The predicted molar refractivity (Wildman–Crippen MR) is 185 cm³/mol. The van der Waals surface area contributed by atoms with E-state index in [2.05, 4.69) is 109 Å². The van der Waals surface area contributed by atoms with E-state index in [1.165, 1.54) is 36.8 Å². The Bertz CT molecular complexity index is 370. The van der Waals surface area contributed by atoms with Gasteiger partial charge >= 0.3 is 0 Å². The monoisotopic (exact) mass is 553 g/mol. The van der Waals surface area contributed by atoms with Crippen LogP contribution in [0, 0.1) is 0 Å². The molecule has 0 aromatic carbocycles. The first-order valence-electron chi connectivity index (χ1n) is 10.9. The maximum absolute atomic E-state index is 3.69. The predicted octanol–water partition coefficient (Wildman–Crippen LogP) is 3.74. The number of hydrogen-bond donors (Lipinski definition) is 0. The fourth-order valence-electron chi connectivity index (χ4n) is 1.25. The highest BCUT2D eigenvalue weighted by Gasteiger charge is 2.16. The van der Waals surface area contributed by atoms with Gasteiger partial charge in [0.2, 0.25) is 0 Å². The van der Waals surface area contributed by atoms with Crippen molar-refractivity contribution in [3.05, 3.63) is 23.7 Å². The molecule has 0 fully saturated rings. The highest BCUT2D eigenvalue weighted by molar-refractivity contribution is 6.82. The van der Waals surface area contributed by atoms with Gasteiger partial charge in [0.1, 0.15) is 0 Å². The molecular weight excluding hydrogens is 488 g/mol. The van der Waals surface area contributed by atoms with E-state index in [9.17, 15) is 0 Å². The van der Waals surface area contributed by atoms with Gasteiger partial charge in [0, 0.05) is 55.3 Å². The third kappa shape index (κ3) is 70.1. The van der Waals surface area contributed by atoms with Gasteiger partial charge in [-0.05, 0) is 11.0 Å². The summed E-state index contributed by atoms with van der Waals surface area (Å²) in [7, 11) is 1.05. The lowest BCUT2D eigenvalue weighted by Gasteiger charge is -2.19. The van der Waals surface area contributed by atoms with Crippen LogP contribution in [0.25, 0.3) is 0 Å². The smallest absolute Gasteiger partial charge is 0.0679 e. The average Bonchev–Trinajstić information content (AvgIpc) is 2.36. The minimum absolute atomic E-state index is 0. The van der Waals surface area contributed by atoms with Crippen LogP contribution < -0.4 is 0 Å². The Morgan fingerprint density at radius 2 is 1.10 bits per heavy atom. The van der Waals surface area contributed by atoms with Gasteiger partial charge in [0.25, 0.3) is 0 Å². The van der Waals surface area contributed by atoms with E-state index in [0.29, 0.717) is 0 Å². The molecule has 0 rings (SSSR count). The normalized spacial score (nSPS) is 12.3. The van der Waals surface area contributed by atoms with Crippen molar-refractivity contribution >= 4 is 82.4 Å². The molecule has 0 aromatic rings. The quantitative estimate of drug-likeness (QED) is 0.455. The van der Waals surface area contributed by atoms with Crippen molar-refractivity contribution < 1.29 is 0 Å². The lowest BCUT2D eigenvalue weighted by molar-refractivity contribution is 1.26. The summed E-state index contributed by atoms with van der Waals surface area (Å²) in [5.41, 5.74) is 6.75. The molecule has 0 saturated heterocycles. The second kappa shape index (κ2) is 23.4.